The van der Waals surface area contributed by atoms with Gasteiger partial charge < -0.3 is 5.11 Å². The van der Waals surface area contributed by atoms with Crippen LogP contribution >= 0.6 is 22.9 Å². The van der Waals surface area contributed by atoms with Gasteiger partial charge in [0.1, 0.15) is 0 Å². The van der Waals surface area contributed by atoms with Crippen molar-refractivity contribution in [2.45, 2.75) is 0 Å². The van der Waals surface area contributed by atoms with Gasteiger partial charge in [-0.1, -0.05) is 48.0 Å². The minimum absolute atomic E-state index is 0.676. The lowest BCUT2D eigenvalue weighted by Crippen LogP contribution is -1.93. The summed E-state index contributed by atoms with van der Waals surface area (Å²) in [5.41, 5.74) is 1.60. The zero-order chi connectivity index (χ0) is 14.8. The SMILES string of the molecule is O=C(O)/C=C(\c1ccccc1)c1scc2cc(Cl)ccc12. The summed E-state index contributed by atoms with van der Waals surface area (Å²) in [4.78, 5) is 12.1. The van der Waals surface area contributed by atoms with Gasteiger partial charge in [-0.15, -0.1) is 11.3 Å². The quantitative estimate of drug-likeness (QED) is 0.685. The van der Waals surface area contributed by atoms with Crippen molar-refractivity contribution in [3.63, 3.8) is 0 Å². The van der Waals surface area contributed by atoms with Crippen LogP contribution in [0.1, 0.15) is 10.4 Å². The Kier molecular flexibility index (Phi) is 3.78. The monoisotopic (exact) mass is 314 g/mol. The summed E-state index contributed by atoms with van der Waals surface area (Å²) in [6, 6.07) is 15.2. The lowest BCUT2D eigenvalue weighted by atomic mass is 10.0. The number of carboxylic acids is 1. The van der Waals surface area contributed by atoms with Crippen LogP contribution in [0.15, 0.2) is 60.0 Å². The third-order valence-electron chi connectivity index (χ3n) is 3.16. The smallest absolute Gasteiger partial charge is 0.328 e. The van der Waals surface area contributed by atoms with E-state index in [-0.39, 0.29) is 0 Å². The van der Waals surface area contributed by atoms with Crippen molar-refractivity contribution >= 4 is 45.3 Å². The number of fused-ring (bicyclic) bond motifs is 1. The van der Waals surface area contributed by atoms with E-state index < -0.39 is 5.97 Å². The van der Waals surface area contributed by atoms with E-state index >= 15 is 0 Å². The van der Waals surface area contributed by atoms with Crippen molar-refractivity contribution in [3.8, 4) is 0 Å². The number of halogens is 1. The number of hydrogen-bond donors (Lipinski definition) is 1. The molecule has 0 fully saturated rings. The summed E-state index contributed by atoms with van der Waals surface area (Å²) in [6.45, 7) is 0. The van der Waals surface area contributed by atoms with Gasteiger partial charge in [0.25, 0.3) is 0 Å². The highest BCUT2D eigenvalue weighted by atomic mass is 35.5. The highest BCUT2D eigenvalue weighted by Crippen LogP contribution is 2.36. The molecule has 1 N–H and O–H groups in total. The zero-order valence-electron chi connectivity index (χ0n) is 10.9. The molecule has 4 heteroatoms. The summed E-state index contributed by atoms with van der Waals surface area (Å²) < 4.78 is 0. The Morgan fingerprint density at radius 2 is 1.90 bits per heavy atom. The maximum Gasteiger partial charge on any atom is 0.328 e. The highest BCUT2D eigenvalue weighted by Gasteiger charge is 2.13. The molecule has 104 valence electrons. The van der Waals surface area contributed by atoms with Gasteiger partial charge in [0.15, 0.2) is 0 Å². The molecule has 0 aliphatic rings. The summed E-state index contributed by atoms with van der Waals surface area (Å²) >= 11 is 7.53. The van der Waals surface area contributed by atoms with Crippen LogP contribution in [0.3, 0.4) is 0 Å². The van der Waals surface area contributed by atoms with Crippen molar-refractivity contribution in [2.75, 3.05) is 0 Å². The summed E-state index contributed by atoms with van der Waals surface area (Å²) in [5, 5.41) is 13.9. The first-order chi connectivity index (χ1) is 10.1. The minimum Gasteiger partial charge on any atom is -0.478 e. The van der Waals surface area contributed by atoms with Gasteiger partial charge in [0.2, 0.25) is 0 Å². The molecule has 1 heterocycles. The molecule has 0 saturated carbocycles. The Bertz CT molecular complexity index is 834. The van der Waals surface area contributed by atoms with Gasteiger partial charge in [-0.2, -0.15) is 0 Å². The largest absolute Gasteiger partial charge is 0.478 e. The number of carbonyl (C=O) groups is 1. The normalized spacial score (nSPS) is 11.8. The number of carboxylic acid groups (broad SMARTS) is 1. The van der Waals surface area contributed by atoms with E-state index in [1.807, 2.05) is 53.9 Å². The molecule has 0 atom stereocenters. The third kappa shape index (κ3) is 2.84. The molecule has 0 spiro atoms. The van der Waals surface area contributed by atoms with E-state index in [1.165, 1.54) is 17.4 Å². The Labute approximate surface area is 130 Å². The predicted molar refractivity (Wildman–Crippen MR) is 88.0 cm³/mol. The van der Waals surface area contributed by atoms with Crippen LogP contribution in [0.25, 0.3) is 16.3 Å². The van der Waals surface area contributed by atoms with E-state index in [4.69, 9.17) is 16.7 Å². The average Bonchev–Trinajstić information content (AvgIpc) is 2.88. The van der Waals surface area contributed by atoms with Gasteiger partial charge >= 0.3 is 5.97 Å². The second kappa shape index (κ2) is 5.72. The molecule has 0 bridgehead atoms. The fourth-order valence-electron chi connectivity index (χ4n) is 2.25. The molecule has 0 saturated heterocycles. The van der Waals surface area contributed by atoms with Crippen molar-refractivity contribution in [2.24, 2.45) is 0 Å². The minimum atomic E-state index is -0.954. The van der Waals surface area contributed by atoms with Crippen molar-refractivity contribution in [1.29, 1.82) is 0 Å². The van der Waals surface area contributed by atoms with Crippen LogP contribution < -0.4 is 0 Å². The molecule has 1 aromatic heterocycles. The van der Waals surface area contributed by atoms with Gasteiger partial charge in [0.05, 0.1) is 0 Å². The topological polar surface area (TPSA) is 37.3 Å². The standard InChI is InChI=1S/C17H11ClO2S/c18-13-6-7-14-12(8-13)10-21-17(14)15(9-16(19)20)11-4-2-1-3-5-11/h1-10H,(H,19,20)/b15-9+. The average molecular weight is 315 g/mol. The Hall–Kier alpha value is -2.10. The van der Waals surface area contributed by atoms with Crippen LogP contribution in [-0.2, 0) is 4.79 Å². The summed E-state index contributed by atoms with van der Waals surface area (Å²) in [6.07, 6.45) is 1.26. The number of aliphatic carboxylic acids is 1. The van der Waals surface area contributed by atoms with Crippen molar-refractivity contribution in [3.05, 3.63) is 75.5 Å². The van der Waals surface area contributed by atoms with Crippen LogP contribution in [0, 0.1) is 0 Å². The van der Waals surface area contributed by atoms with Crippen molar-refractivity contribution in [1.82, 2.24) is 0 Å². The first-order valence-corrected chi connectivity index (χ1v) is 7.58. The Balaban J connectivity index is 2.23. The molecule has 0 unspecified atom stereocenters. The van der Waals surface area contributed by atoms with E-state index in [1.54, 1.807) is 0 Å². The van der Waals surface area contributed by atoms with Crippen molar-refractivity contribution < 1.29 is 9.90 Å². The lowest BCUT2D eigenvalue weighted by molar-refractivity contribution is -0.131. The third-order valence-corrected chi connectivity index (χ3v) is 4.44. The van der Waals surface area contributed by atoms with E-state index in [0.29, 0.717) is 10.6 Å². The van der Waals surface area contributed by atoms with E-state index in [9.17, 15) is 4.79 Å². The molecular formula is C17H11ClO2S. The summed E-state index contributed by atoms with van der Waals surface area (Å²) in [5.74, 6) is -0.954. The zero-order valence-corrected chi connectivity index (χ0v) is 12.5. The van der Waals surface area contributed by atoms with Crippen LogP contribution in [-0.4, -0.2) is 11.1 Å². The molecule has 21 heavy (non-hydrogen) atoms. The molecule has 0 aliphatic carbocycles. The van der Waals surface area contributed by atoms with Gasteiger partial charge in [-0.05, 0) is 28.5 Å². The number of benzene rings is 2. The van der Waals surface area contributed by atoms with Gasteiger partial charge in [0, 0.05) is 26.9 Å². The van der Waals surface area contributed by atoms with Gasteiger partial charge in [-0.3, -0.25) is 0 Å². The van der Waals surface area contributed by atoms with Crippen LogP contribution in [0.2, 0.25) is 5.02 Å². The molecule has 2 aromatic carbocycles. The number of hydrogen-bond acceptors (Lipinski definition) is 2. The molecule has 3 aromatic rings. The Morgan fingerprint density at radius 1 is 1.14 bits per heavy atom. The van der Waals surface area contributed by atoms with Crippen LogP contribution in [0.4, 0.5) is 0 Å². The fraction of sp³-hybridized carbons (Fsp3) is 0. The summed E-state index contributed by atoms with van der Waals surface area (Å²) in [7, 11) is 0. The molecule has 3 rings (SSSR count). The maximum atomic E-state index is 11.2. The molecular weight excluding hydrogens is 304 g/mol. The molecule has 2 nitrogen and oxygen atoms in total. The first kappa shape index (κ1) is 13.9. The predicted octanol–water partition coefficient (Wildman–Crippen LogP) is 5.07. The van der Waals surface area contributed by atoms with E-state index in [0.717, 1.165) is 21.2 Å². The molecule has 0 radical (unpaired) electrons. The second-order valence-corrected chi connectivity index (χ2v) is 5.87. The fourth-order valence-corrected chi connectivity index (χ4v) is 3.49. The number of thiophene rings is 1. The van der Waals surface area contributed by atoms with Gasteiger partial charge in [-0.25, -0.2) is 4.79 Å². The van der Waals surface area contributed by atoms with E-state index in [2.05, 4.69) is 0 Å². The molecule has 0 amide bonds. The lowest BCUT2D eigenvalue weighted by Gasteiger charge is -2.06. The Morgan fingerprint density at radius 3 is 2.62 bits per heavy atom. The number of rotatable bonds is 3. The van der Waals surface area contributed by atoms with Crippen LogP contribution in [0.5, 0.6) is 0 Å². The highest BCUT2D eigenvalue weighted by molar-refractivity contribution is 7.13. The second-order valence-electron chi connectivity index (χ2n) is 4.56. The molecule has 0 aliphatic heterocycles. The first-order valence-electron chi connectivity index (χ1n) is 6.32. The maximum absolute atomic E-state index is 11.2.